The van der Waals surface area contributed by atoms with E-state index in [0.29, 0.717) is 0 Å². The van der Waals surface area contributed by atoms with E-state index in [1.54, 1.807) is 11.8 Å². The van der Waals surface area contributed by atoms with Gasteiger partial charge >= 0.3 is 0 Å². The first-order valence-electron chi connectivity index (χ1n) is 4.79. The number of thioether (sulfide) groups is 1. The molecule has 1 heterocycles. The second kappa shape index (κ2) is 4.01. The predicted molar refractivity (Wildman–Crippen MR) is 62.9 cm³/mol. The summed E-state index contributed by atoms with van der Waals surface area (Å²) in [5, 5.41) is 3.62. The fourth-order valence-electron chi connectivity index (χ4n) is 1.47. The van der Waals surface area contributed by atoms with Gasteiger partial charge < -0.3 is 0 Å². The number of hydrogen-bond donors (Lipinski definition) is 0. The van der Waals surface area contributed by atoms with E-state index in [-0.39, 0.29) is 0 Å². The molecule has 2 heteroatoms. The molecule has 0 atom stereocenters. The summed E-state index contributed by atoms with van der Waals surface area (Å²) in [5.41, 5.74) is 1.30. The minimum atomic E-state index is 1.07. The van der Waals surface area contributed by atoms with E-state index in [0.717, 1.165) is 10.8 Å². The van der Waals surface area contributed by atoms with Crippen molar-refractivity contribution in [2.45, 2.75) is 18.9 Å². The molecule has 0 fully saturated rings. The minimum absolute atomic E-state index is 1.07. The van der Waals surface area contributed by atoms with Gasteiger partial charge in [0.25, 0.3) is 0 Å². The zero-order valence-corrected chi connectivity index (χ0v) is 9.27. The summed E-state index contributed by atoms with van der Waals surface area (Å²) in [6, 6.07) is 8.61. The second-order valence-electron chi connectivity index (χ2n) is 3.31. The number of aryl methyl sites for hydroxylation is 1. The first-order chi connectivity index (χ1) is 6.79. The third kappa shape index (κ3) is 1.90. The van der Waals surface area contributed by atoms with Gasteiger partial charge in [0.15, 0.2) is 0 Å². The Bertz CT molecular complexity index is 451. The summed E-state index contributed by atoms with van der Waals surface area (Å²) in [6.07, 6.45) is 1.95. The highest BCUT2D eigenvalue weighted by Crippen LogP contribution is 2.21. The summed E-state index contributed by atoms with van der Waals surface area (Å²) in [7, 11) is 0. The van der Waals surface area contributed by atoms with Crippen molar-refractivity contribution in [3.63, 3.8) is 0 Å². The van der Waals surface area contributed by atoms with E-state index in [9.17, 15) is 0 Å². The van der Waals surface area contributed by atoms with E-state index in [1.807, 2.05) is 6.20 Å². The molecule has 0 N–H and O–H groups in total. The third-order valence-electron chi connectivity index (χ3n) is 2.14. The van der Waals surface area contributed by atoms with Gasteiger partial charge in [-0.15, -0.1) is 11.8 Å². The molecule has 2 aromatic rings. The van der Waals surface area contributed by atoms with Crippen LogP contribution in [0.4, 0.5) is 0 Å². The van der Waals surface area contributed by atoms with Gasteiger partial charge in [0.05, 0.1) is 5.03 Å². The zero-order valence-electron chi connectivity index (χ0n) is 8.45. The van der Waals surface area contributed by atoms with Crippen molar-refractivity contribution in [1.29, 1.82) is 0 Å². The molecule has 1 nitrogen and oxygen atoms in total. The largest absolute Gasteiger partial charge is 0.249 e. The molecule has 0 unspecified atom stereocenters. The van der Waals surface area contributed by atoms with Crippen LogP contribution in [0.25, 0.3) is 10.8 Å². The average molecular weight is 203 g/mol. The first kappa shape index (κ1) is 9.53. The lowest BCUT2D eigenvalue weighted by molar-refractivity contribution is 1.16. The summed E-state index contributed by atoms with van der Waals surface area (Å²) >= 11 is 1.78. The molecule has 0 bridgehead atoms. The Hall–Kier alpha value is -1.02. The lowest BCUT2D eigenvalue weighted by atomic mass is 10.1. The number of hydrogen-bond acceptors (Lipinski definition) is 2. The van der Waals surface area contributed by atoms with Crippen molar-refractivity contribution in [2.24, 2.45) is 0 Å². The fourth-order valence-corrected chi connectivity index (χ4v) is 2.10. The molecule has 0 saturated heterocycles. The molecule has 0 aliphatic carbocycles. The Morgan fingerprint density at radius 1 is 1.21 bits per heavy atom. The molecule has 14 heavy (non-hydrogen) atoms. The average Bonchev–Trinajstić information content (AvgIpc) is 2.17. The van der Waals surface area contributed by atoms with Crippen LogP contribution in [0.3, 0.4) is 0 Å². The predicted octanol–water partition coefficient (Wildman–Crippen LogP) is 3.66. The summed E-state index contributed by atoms with van der Waals surface area (Å²) in [5.74, 6) is 1.07. The lowest BCUT2D eigenvalue weighted by Crippen LogP contribution is -1.82. The molecule has 0 radical (unpaired) electrons. The topological polar surface area (TPSA) is 12.9 Å². The Kier molecular flexibility index (Phi) is 2.73. The Labute approximate surface area is 88.6 Å². The van der Waals surface area contributed by atoms with Gasteiger partial charge in [0.1, 0.15) is 0 Å². The maximum absolute atomic E-state index is 4.39. The highest BCUT2D eigenvalue weighted by molar-refractivity contribution is 7.99. The molecule has 0 saturated carbocycles. The normalized spacial score (nSPS) is 10.7. The monoisotopic (exact) mass is 203 g/mol. The van der Waals surface area contributed by atoms with Crippen molar-refractivity contribution >= 4 is 22.5 Å². The molecule has 1 aromatic heterocycles. The minimum Gasteiger partial charge on any atom is -0.249 e. The van der Waals surface area contributed by atoms with E-state index >= 15 is 0 Å². The number of pyridine rings is 1. The lowest BCUT2D eigenvalue weighted by Gasteiger charge is -2.01. The Balaban J connectivity index is 2.52. The fraction of sp³-hybridized carbons (Fsp3) is 0.250. The first-order valence-corrected chi connectivity index (χ1v) is 5.77. The van der Waals surface area contributed by atoms with Gasteiger partial charge in [-0.3, -0.25) is 0 Å². The van der Waals surface area contributed by atoms with Gasteiger partial charge in [-0.25, -0.2) is 4.98 Å². The highest BCUT2D eigenvalue weighted by atomic mass is 32.2. The number of nitrogens with zero attached hydrogens (tertiary/aromatic N) is 1. The molecule has 1 aromatic carbocycles. The molecule has 0 amide bonds. The van der Waals surface area contributed by atoms with Crippen LogP contribution in [0.1, 0.15) is 12.5 Å². The van der Waals surface area contributed by atoms with Crippen molar-refractivity contribution in [2.75, 3.05) is 5.75 Å². The number of aromatic nitrogens is 1. The van der Waals surface area contributed by atoms with E-state index < -0.39 is 0 Å². The highest BCUT2D eigenvalue weighted by Gasteiger charge is 1.97. The van der Waals surface area contributed by atoms with Crippen molar-refractivity contribution in [3.8, 4) is 0 Å². The standard InChI is InChI=1S/C12H13NS/c1-3-14-12-7-11-6-9(2)4-5-10(11)8-13-12/h4-8H,3H2,1-2H3. The van der Waals surface area contributed by atoms with E-state index in [1.165, 1.54) is 16.3 Å². The summed E-state index contributed by atoms with van der Waals surface area (Å²) in [4.78, 5) is 4.39. The smallest absolute Gasteiger partial charge is 0.0966 e. The molecule has 0 aliphatic heterocycles. The molecular formula is C12H13NS. The van der Waals surface area contributed by atoms with Crippen LogP contribution in [-0.2, 0) is 0 Å². The zero-order chi connectivity index (χ0) is 9.97. The van der Waals surface area contributed by atoms with Gasteiger partial charge in [0, 0.05) is 11.6 Å². The van der Waals surface area contributed by atoms with Crippen LogP contribution < -0.4 is 0 Å². The van der Waals surface area contributed by atoms with Crippen molar-refractivity contribution in [1.82, 2.24) is 4.98 Å². The SMILES string of the molecule is CCSc1cc2cc(C)ccc2cn1. The maximum Gasteiger partial charge on any atom is 0.0966 e. The van der Waals surface area contributed by atoms with Gasteiger partial charge in [0.2, 0.25) is 0 Å². The maximum atomic E-state index is 4.39. The van der Waals surface area contributed by atoms with Crippen LogP contribution >= 0.6 is 11.8 Å². The van der Waals surface area contributed by atoms with Gasteiger partial charge in [-0.1, -0.05) is 30.7 Å². The van der Waals surface area contributed by atoms with Gasteiger partial charge in [-0.2, -0.15) is 0 Å². The van der Waals surface area contributed by atoms with Gasteiger partial charge in [-0.05, 0) is 24.1 Å². The summed E-state index contributed by atoms with van der Waals surface area (Å²) < 4.78 is 0. The third-order valence-corrected chi connectivity index (χ3v) is 2.95. The second-order valence-corrected chi connectivity index (χ2v) is 4.59. The van der Waals surface area contributed by atoms with Crippen LogP contribution in [0, 0.1) is 6.92 Å². The molecular weight excluding hydrogens is 190 g/mol. The van der Waals surface area contributed by atoms with Crippen LogP contribution in [0.15, 0.2) is 35.5 Å². The number of benzene rings is 1. The number of fused-ring (bicyclic) bond motifs is 1. The number of rotatable bonds is 2. The van der Waals surface area contributed by atoms with Crippen LogP contribution in [-0.4, -0.2) is 10.7 Å². The summed E-state index contributed by atoms with van der Waals surface area (Å²) in [6.45, 7) is 4.26. The molecule has 2 rings (SSSR count). The Morgan fingerprint density at radius 2 is 2.07 bits per heavy atom. The molecule has 72 valence electrons. The molecule has 0 spiro atoms. The van der Waals surface area contributed by atoms with Crippen molar-refractivity contribution < 1.29 is 0 Å². The van der Waals surface area contributed by atoms with E-state index in [2.05, 4.69) is 43.1 Å². The van der Waals surface area contributed by atoms with Crippen LogP contribution in [0.5, 0.6) is 0 Å². The Morgan fingerprint density at radius 3 is 2.86 bits per heavy atom. The quantitative estimate of drug-likeness (QED) is 0.691. The van der Waals surface area contributed by atoms with Crippen LogP contribution in [0.2, 0.25) is 0 Å². The van der Waals surface area contributed by atoms with E-state index in [4.69, 9.17) is 0 Å². The molecule has 0 aliphatic rings. The van der Waals surface area contributed by atoms with Crippen molar-refractivity contribution in [3.05, 3.63) is 36.0 Å².